The quantitative estimate of drug-likeness (QED) is 0.773. The SMILES string of the molecule is CN1C(=O)C(NC(=O)c2cnc(C3CCNCC3)[nH]2)Cc2ccccc21. The van der Waals surface area contributed by atoms with Gasteiger partial charge in [-0.2, -0.15) is 0 Å². The zero-order valence-corrected chi connectivity index (χ0v) is 14.8. The van der Waals surface area contributed by atoms with Crippen LogP contribution < -0.4 is 15.5 Å². The van der Waals surface area contributed by atoms with Crippen molar-refractivity contribution in [3.05, 3.63) is 47.5 Å². The second-order valence-electron chi connectivity index (χ2n) is 6.96. The molecule has 7 heteroatoms. The van der Waals surface area contributed by atoms with Gasteiger partial charge in [0, 0.05) is 25.1 Å². The number of hydrogen-bond acceptors (Lipinski definition) is 4. The Balaban J connectivity index is 1.47. The van der Waals surface area contributed by atoms with Crippen molar-refractivity contribution in [3.8, 4) is 0 Å². The van der Waals surface area contributed by atoms with Crippen LogP contribution in [0.3, 0.4) is 0 Å². The highest BCUT2D eigenvalue weighted by Crippen LogP contribution is 2.26. The third-order valence-electron chi connectivity index (χ3n) is 5.28. The number of anilines is 1. The first-order valence-corrected chi connectivity index (χ1v) is 9.05. The van der Waals surface area contributed by atoms with Crippen molar-refractivity contribution in [2.75, 3.05) is 25.0 Å². The molecule has 0 saturated carbocycles. The van der Waals surface area contributed by atoms with E-state index in [4.69, 9.17) is 0 Å². The zero-order valence-electron chi connectivity index (χ0n) is 14.8. The molecule has 1 saturated heterocycles. The normalized spacial score (nSPS) is 20.7. The van der Waals surface area contributed by atoms with Gasteiger partial charge in [-0.25, -0.2) is 4.98 Å². The van der Waals surface area contributed by atoms with Crippen molar-refractivity contribution < 1.29 is 9.59 Å². The summed E-state index contributed by atoms with van der Waals surface area (Å²) in [6, 6.07) is 7.21. The van der Waals surface area contributed by atoms with Gasteiger partial charge in [-0.3, -0.25) is 9.59 Å². The van der Waals surface area contributed by atoms with Gasteiger partial charge < -0.3 is 20.5 Å². The number of nitrogens with zero attached hydrogens (tertiary/aromatic N) is 2. The largest absolute Gasteiger partial charge is 0.339 e. The summed E-state index contributed by atoms with van der Waals surface area (Å²) in [4.78, 5) is 34.3. The molecule has 0 spiro atoms. The summed E-state index contributed by atoms with van der Waals surface area (Å²) in [5.41, 5.74) is 2.37. The molecule has 1 aromatic carbocycles. The molecule has 2 amide bonds. The average Bonchev–Trinajstić information content (AvgIpc) is 3.17. The van der Waals surface area contributed by atoms with E-state index in [1.807, 2.05) is 24.3 Å². The standard InChI is InChI=1S/C19H23N5O2/c1-24-16-5-3-2-4-13(16)10-14(19(24)26)23-18(25)15-11-21-17(22-15)12-6-8-20-9-7-12/h2-5,11-12,14,20H,6-10H2,1H3,(H,21,22)(H,23,25). The average molecular weight is 353 g/mol. The van der Waals surface area contributed by atoms with Crippen LogP contribution in [0, 0.1) is 0 Å². The molecule has 4 rings (SSSR count). The van der Waals surface area contributed by atoms with Crippen LogP contribution in [0.15, 0.2) is 30.5 Å². The number of H-pyrrole nitrogens is 1. The number of likely N-dealkylation sites (N-methyl/N-ethyl adjacent to an activating group) is 1. The number of rotatable bonds is 3. The van der Waals surface area contributed by atoms with Crippen LogP contribution in [0.1, 0.15) is 40.6 Å². The van der Waals surface area contributed by atoms with E-state index in [1.54, 1.807) is 18.1 Å². The Kier molecular flexibility index (Phi) is 4.46. The van der Waals surface area contributed by atoms with Crippen LogP contribution >= 0.6 is 0 Å². The fourth-order valence-corrected chi connectivity index (χ4v) is 3.77. The number of para-hydroxylation sites is 1. The lowest BCUT2D eigenvalue weighted by molar-refractivity contribution is -0.120. The Morgan fingerprint density at radius 3 is 2.85 bits per heavy atom. The fraction of sp³-hybridized carbons (Fsp3) is 0.421. The van der Waals surface area contributed by atoms with E-state index in [0.717, 1.165) is 43.0 Å². The Morgan fingerprint density at radius 1 is 1.27 bits per heavy atom. The highest BCUT2D eigenvalue weighted by atomic mass is 16.2. The maximum Gasteiger partial charge on any atom is 0.270 e. The lowest BCUT2D eigenvalue weighted by atomic mass is 9.97. The minimum atomic E-state index is -0.562. The summed E-state index contributed by atoms with van der Waals surface area (Å²) in [5.74, 6) is 0.820. The second-order valence-corrected chi connectivity index (χ2v) is 6.96. The Morgan fingerprint density at radius 2 is 2.04 bits per heavy atom. The number of hydrogen-bond donors (Lipinski definition) is 3. The van der Waals surface area contributed by atoms with E-state index in [-0.39, 0.29) is 11.8 Å². The van der Waals surface area contributed by atoms with Gasteiger partial charge in [0.2, 0.25) is 5.91 Å². The van der Waals surface area contributed by atoms with Crippen molar-refractivity contribution in [1.82, 2.24) is 20.6 Å². The maximum atomic E-state index is 12.6. The number of amides is 2. The number of aromatic amines is 1. The van der Waals surface area contributed by atoms with Gasteiger partial charge in [-0.05, 0) is 37.6 Å². The smallest absolute Gasteiger partial charge is 0.270 e. The maximum absolute atomic E-state index is 12.6. The van der Waals surface area contributed by atoms with Crippen LogP contribution in [0.5, 0.6) is 0 Å². The van der Waals surface area contributed by atoms with Gasteiger partial charge in [-0.15, -0.1) is 0 Å². The van der Waals surface area contributed by atoms with Crippen molar-refractivity contribution in [2.24, 2.45) is 0 Å². The molecule has 7 nitrogen and oxygen atoms in total. The Bertz CT molecular complexity index is 825. The number of nitrogens with one attached hydrogen (secondary N) is 3. The Labute approximate surface area is 152 Å². The highest BCUT2D eigenvalue weighted by Gasteiger charge is 2.32. The molecule has 3 heterocycles. The molecular formula is C19H23N5O2. The molecule has 1 atom stereocenters. The first kappa shape index (κ1) is 16.8. The minimum absolute atomic E-state index is 0.102. The molecule has 136 valence electrons. The molecule has 2 aliphatic rings. The second kappa shape index (κ2) is 6.92. The predicted molar refractivity (Wildman–Crippen MR) is 98.2 cm³/mol. The summed E-state index contributed by atoms with van der Waals surface area (Å²) in [5, 5.41) is 6.18. The molecule has 2 aliphatic heterocycles. The number of benzene rings is 1. The monoisotopic (exact) mass is 353 g/mol. The van der Waals surface area contributed by atoms with Crippen molar-refractivity contribution >= 4 is 17.5 Å². The van der Waals surface area contributed by atoms with E-state index in [0.29, 0.717) is 18.0 Å². The van der Waals surface area contributed by atoms with Crippen molar-refractivity contribution in [1.29, 1.82) is 0 Å². The molecule has 1 unspecified atom stereocenters. The van der Waals surface area contributed by atoms with Crippen molar-refractivity contribution in [2.45, 2.75) is 31.2 Å². The molecule has 0 bridgehead atoms. The first-order chi connectivity index (χ1) is 12.6. The zero-order chi connectivity index (χ0) is 18.1. The molecule has 2 aromatic rings. The highest BCUT2D eigenvalue weighted by molar-refractivity contribution is 6.03. The topological polar surface area (TPSA) is 90.1 Å². The summed E-state index contributed by atoms with van der Waals surface area (Å²) >= 11 is 0. The Hall–Kier alpha value is -2.67. The molecule has 26 heavy (non-hydrogen) atoms. The van der Waals surface area contributed by atoms with Gasteiger partial charge in [0.1, 0.15) is 17.6 Å². The van der Waals surface area contributed by atoms with E-state index in [9.17, 15) is 9.59 Å². The first-order valence-electron chi connectivity index (χ1n) is 9.05. The summed E-state index contributed by atoms with van der Waals surface area (Å²) in [7, 11) is 1.74. The summed E-state index contributed by atoms with van der Waals surface area (Å²) in [6.07, 6.45) is 4.09. The lowest BCUT2D eigenvalue weighted by Gasteiger charge is -2.31. The lowest BCUT2D eigenvalue weighted by Crippen LogP contribution is -2.51. The number of piperidine rings is 1. The number of fused-ring (bicyclic) bond motifs is 1. The molecule has 0 radical (unpaired) electrons. The van der Waals surface area contributed by atoms with Crippen molar-refractivity contribution in [3.63, 3.8) is 0 Å². The molecule has 1 aromatic heterocycles. The fourth-order valence-electron chi connectivity index (χ4n) is 3.77. The van der Waals surface area contributed by atoms with Crippen LogP contribution in [-0.2, 0) is 11.2 Å². The van der Waals surface area contributed by atoms with Crippen LogP contribution in [0.2, 0.25) is 0 Å². The van der Waals surface area contributed by atoms with E-state index in [2.05, 4.69) is 20.6 Å². The van der Waals surface area contributed by atoms with Crippen LogP contribution in [0.4, 0.5) is 5.69 Å². The number of carbonyl (C=O) groups is 2. The molecule has 0 aliphatic carbocycles. The van der Waals surface area contributed by atoms with E-state index < -0.39 is 6.04 Å². The van der Waals surface area contributed by atoms with Gasteiger partial charge in [0.05, 0.1) is 6.20 Å². The van der Waals surface area contributed by atoms with Gasteiger partial charge in [-0.1, -0.05) is 18.2 Å². The third-order valence-corrected chi connectivity index (χ3v) is 5.28. The van der Waals surface area contributed by atoms with Crippen LogP contribution in [0.25, 0.3) is 0 Å². The third kappa shape index (κ3) is 3.10. The summed E-state index contributed by atoms with van der Waals surface area (Å²) in [6.45, 7) is 1.93. The van der Waals surface area contributed by atoms with Crippen LogP contribution in [-0.4, -0.2) is 48.0 Å². The minimum Gasteiger partial charge on any atom is -0.339 e. The number of imidazole rings is 1. The van der Waals surface area contributed by atoms with E-state index >= 15 is 0 Å². The molecule has 1 fully saturated rings. The predicted octanol–water partition coefficient (Wildman–Crippen LogP) is 1.19. The van der Waals surface area contributed by atoms with Gasteiger partial charge >= 0.3 is 0 Å². The van der Waals surface area contributed by atoms with Gasteiger partial charge in [0.25, 0.3) is 5.91 Å². The number of carbonyl (C=O) groups excluding carboxylic acids is 2. The number of aromatic nitrogens is 2. The molecular weight excluding hydrogens is 330 g/mol. The van der Waals surface area contributed by atoms with Gasteiger partial charge in [0.15, 0.2) is 0 Å². The van der Waals surface area contributed by atoms with E-state index in [1.165, 1.54) is 0 Å². The molecule has 3 N–H and O–H groups in total. The summed E-state index contributed by atoms with van der Waals surface area (Å²) < 4.78 is 0.